The van der Waals surface area contributed by atoms with Gasteiger partial charge in [0.2, 0.25) is 0 Å². The van der Waals surface area contributed by atoms with Crippen LogP contribution in [0.5, 0.6) is 0 Å². The monoisotopic (exact) mass is 224 g/mol. The first-order valence-electron chi connectivity index (χ1n) is 4.97. The molecule has 1 rings (SSSR count). The summed E-state index contributed by atoms with van der Waals surface area (Å²) in [5, 5.41) is 9.01. The maximum atomic E-state index is 11.0. The molecule has 16 heavy (non-hydrogen) atoms. The number of methoxy groups -OCH3 is 1. The van der Waals surface area contributed by atoms with Crippen LogP contribution in [-0.4, -0.2) is 47.8 Å². The van der Waals surface area contributed by atoms with E-state index in [4.69, 9.17) is 9.84 Å². The van der Waals surface area contributed by atoms with Gasteiger partial charge in [-0.15, -0.1) is 0 Å². The zero-order valence-corrected chi connectivity index (χ0v) is 9.46. The zero-order chi connectivity index (χ0) is 12.0. The molecule has 5 nitrogen and oxygen atoms in total. The van der Waals surface area contributed by atoms with Gasteiger partial charge in [-0.05, 0) is 19.2 Å². The second kappa shape index (κ2) is 6.19. The Bertz CT molecular complexity index is 329. The predicted octanol–water partition coefficient (Wildman–Crippen LogP) is 0.613. The van der Waals surface area contributed by atoms with Gasteiger partial charge in [-0.3, -0.25) is 14.7 Å². The Labute approximate surface area is 94.7 Å². The minimum Gasteiger partial charge on any atom is -0.480 e. The predicted molar refractivity (Wildman–Crippen MR) is 59.0 cm³/mol. The Balaban J connectivity index is 2.62. The van der Waals surface area contributed by atoms with Gasteiger partial charge in [-0.25, -0.2) is 0 Å². The van der Waals surface area contributed by atoms with Crippen LogP contribution in [0.15, 0.2) is 24.4 Å². The number of nitrogens with zero attached hydrogens (tertiary/aromatic N) is 2. The zero-order valence-electron chi connectivity index (χ0n) is 9.46. The van der Waals surface area contributed by atoms with Crippen LogP contribution in [0.3, 0.4) is 0 Å². The summed E-state index contributed by atoms with van der Waals surface area (Å²) in [6, 6.07) is 4.92. The highest BCUT2D eigenvalue weighted by Gasteiger charge is 2.22. The van der Waals surface area contributed by atoms with Crippen molar-refractivity contribution in [2.24, 2.45) is 0 Å². The average Bonchev–Trinajstić information content (AvgIpc) is 2.26. The van der Waals surface area contributed by atoms with Crippen molar-refractivity contribution < 1.29 is 14.6 Å². The first kappa shape index (κ1) is 12.6. The van der Waals surface area contributed by atoms with E-state index in [1.54, 1.807) is 18.1 Å². The number of carbonyl (C=O) groups is 1. The standard InChI is InChI=1S/C11H16N2O3/c1-13(10(8-16-2)11(14)15)7-9-5-3-4-6-12-9/h3-6,10H,7-8H2,1-2H3,(H,14,15). The average molecular weight is 224 g/mol. The van der Waals surface area contributed by atoms with Gasteiger partial charge in [0.25, 0.3) is 0 Å². The summed E-state index contributed by atoms with van der Waals surface area (Å²) in [5.41, 5.74) is 0.840. The third-order valence-electron chi connectivity index (χ3n) is 2.28. The molecule has 1 unspecified atom stereocenters. The fourth-order valence-corrected chi connectivity index (χ4v) is 1.40. The van der Waals surface area contributed by atoms with E-state index in [1.165, 1.54) is 7.11 Å². The van der Waals surface area contributed by atoms with Gasteiger partial charge in [0.05, 0.1) is 12.3 Å². The van der Waals surface area contributed by atoms with E-state index in [-0.39, 0.29) is 6.61 Å². The Kier molecular flexibility index (Phi) is 4.88. The number of aromatic nitrogens is 1. The van der Waals surface area contributed by atoms with E-state index >= 15 is 0 Å². The van der Waals surface area contributed by atoms with E-state index in [2.05, 4.69) is 4.98 Å². The number of rotatable bonds is 6. The Morgan fingerprint density at radius 1 is 1.62 bits per heavy atom. The van der Waals surface area contributed by atoms with Crippen molar-refractivity contribution in [1.29, 1.82) is 0 Å². The molecule has 0 amide bonds. The third-order valence-corrected chi connectivity index (χ3v) is 2.28. The number of hydrogen-bond donors (Lipinski definition) is 1. The molecule has 0 aliphatic heterocycles. The highest BCUT2D eigenvalue weighted by molar-refractivity contribution is 5.73. The maximum absolute atomic E-state index is 11.0. The minimum absolute atomic E-state index is 0.165. The molecule has 5 heteroatoms. The van der Waals surface area contributed by atoms with Crippen LogP contribution in [-0.2, 0) is 16.1 Å². The van der Waals surface area contributed by atoms with Crippen LogP contribution in [0.1, 0.15) is 5.69 Å². The van der Waals surface area contributed by atoms with Crippen molar-refractivity contribution in [2.45, 2.75) is 12.6 Å². The third kappa shape index (κ3) is 3.60. The molecule has 0 fully saturated rings. The van der Waals surface area contributed by atoms with Gasteiger partial charge in [0.15, 0.2) is 0 Å². The number of hydrogen-bond acceptors (Lipinski definition) is 4. The van der Waals surface area contributed by atoms with Crippen LogP contribution >= 0.6 is 0 Å². The number of carboxylic acids is 1. The summed E-state index contributed by atoms with van der Waals surface area (Å²) in [6.45, 7) is 0.653. The fourth-order valence-electron chi connectivity index (χ4n) is 1.40. The van der Waals surface area contributed by atoms with Crippen LogP contribution in [0, 0.1) is 0 Å². The summed E-state index contributed by atoms with van der Waals surface area (Å²) in [5.74, 6) is -0.889. The molecule has 0 saturated carbocycles. The van der Waals surface area contributed by atoms with Gasteiger partial charge >= 0.3 is 5.97 Å². The van der Waals surface area contributed by atoms with Crippen molar-refractivity contribution in [3.05, 3.63) is 30.1 Å². The summed E-state index contributed by atoms with van der Waals surface area (Å²) in [6.07, 6.45) is 1.69. The lowest BCUT2D eigenvalue weighted by molar-refractivity contribution is -0.145. The molecule has 0 radical (unpaired) electrons. The van der Waals surface area contributed by atoms with Gasteiger partial charge in [-0.2, -0.15) is 0 Å². The number of carboxylic acid groups (broad SMARTS) is 1. The molecule has 0 saturated heterocycles. The number of likely N-dealkylation sites (N-methyl/N-ethyl adjacent to an activating group) is 1. The molecule has 0 aromatic carbocycles. The van der Waals surface area contributed by atoms with Gasteiger partial charge < -0.3 is 9.84 Å². The Hall–Kier alpha value is -1.46. The van der Waals surface area contributed by atoms with Crippen molar-refractivity contribution in [2.75, 3.05) is 20.8 Å². The molecule has 88 valence electrons. The second-order valence-electron chi connectivity index (χ2n) is 3.55. The highest BCUT2D eigenvalue weighted by atomic mass is 16.5. The van der Waals surface area contributed by atoms with Crippen LogP contribution < -0.4 is 0 Å². The van der Waals surface area contributed by atoms with Crippen molar-refractivity contribution in [3.8, 4) is 0 Å². The first-order valence-corrected chi connectivity index (χ1v) is 4.97. The van der Waals surface area contributed by atoms with E-state index in [9.17, 15) is 4.79 Å². The molecule has 1 aromatic heterocycles. The number of pyridine rings is 1. The second-order valence-corrected chi connectivity index (χ2v) is 3.55. The molecule has 0 aliphatic rings. The molecule has 0 aliphatic carbocycles. The minimum atomic E-state index is -0.889. The normalized spacial score (nSPS) is 12.7. The summed E-state index contributed by atoms with van der Waals surface area (Å²) >= 11 is 0. The smallest absolute Gasteiger partial charge is 0.323 e. The number of aliphatic carboxylic acids is 1. The molecular formula is C11H16N2O3. The first-order chi connectivity index (χ1) is 7.65. The topological polar surface area (TPSA) is 62.7 Å². The lowest BCUT2D eigenvalue weighted by atomic mass is 10.2. The molecule has 1 aromatic rings. The molecular weight excluding hydrogens is 208 g/mol. The van der Waals surface area contributed by atoms with Crippen molar-refractivity contribution in [1.82, 2.24) is 9.88 Å². The quantitative estimate of drug-likeness (QED) is 0.767. The van der Waals surface area contributed by atoms with Crippen LogP contribution in [0.25, 0.3) is 0 Å². The lowest BCUT2D eigenvalue weighted by Gasteiger charge is -2.23. The van der Waals surface area contributed by atoms with E-state index in [0.29, 0.717) is 6.54 Å². The largest absolute Gasteiger partial charge is 0.480 e. The van der Waals surface area contributed by atoms with E-state index in [1.807, 2.05) is 18.2 Å². The Morgan fingerprint density at radius 2 is 2.38 bits per heavy atom. The van der Waals surface area contributed by atoms with Gasteiger partial charge in [-0.1, -0.05) is 6.07 Å². The van der Waals surface area contributed by atoms with Crippen LogP contribution in [0.4, 0.5) is 0 Å². The van der Waals surface area contributed by atoms with E-state index < -0.39 is 12.0 Å². The molecule has 1 N–H and O–H groups in total. The lowest BCUT2D eigenvalue weighted by Crippen LogP contribution is -2.41. The van der Waals surface area contributed by atoms with Crippen molar-refractivity contribution >= 4 is 5.97 Å². The summed E-state index contributed by atoms with van der Waals surface area (Å²) in [7, 11) is 3.23. The number of ether oxygens (including phenoxy) is 1. The van der Waals surface area contributed by atoms with Crippen molar-refractivity contribution in [3.63, 3.8) is 0 Å². The van der Waals surface area contributed by atoms with Gasteiger partial charge in [0, 0.05) is 19.9 Å². The molecule has 1 heterocycles. The van der Waals surface area contributed by atoms with Gasteiger partial charge in [0.1, 0.15) is 6.04 Å². The molecule has 0 spiro atoms. The van der Waals surface area contributed by atoms with E-state index in [0.717, 1.165) is 5.69 Å². The fraction of sp³-hybridized carbons (Fsp3) is 0.455. The van der Waals surface area contributed by atoms with Crippen LogP contribution in [0.2, 0.25) is 0 Å². The highest BCUT2D eigenvalue weighted by Crippen LogP contribution is 2.04. The summed E-state index contributed by atoms with van der Waals surface area (Å²) in [4.78, 5) is 16.8. The molecule has 1 atom stereocenters. The Morgan fingerprint density at radius 3 is 2.88 bits per heavy atom. The maximum Gasteiger partial charge on any atom is 0.323 e. The summed E-state index contributed by atoms with van der Waals surface area (Å²) < 4.78 is 4.88. The molecule has 0 bridgehead atoms. The SMILES string of the molecule is COCC(C(=O)O)N(C)Cc1ccccn1.